The quantitative estimate of drug-likeness (QED) is 0.692. The molecule has 3 fully saturated rings. The largest absolute Gasteiger partial charge is 0.444 e. The van der Waals surface area contributed by atoms with Crippen molar-refractivity contribution in [3.8, 4) is 0 Å². The molecule has 0 bridgehead atoms. The predicted octanol–water partition coefficient (Wildman–Crippen LogP) is 3.56. The number of likely N-dealkylation sites (tertiary alicyclic amines) is 1. The van der Waals surface area contributed by atoms with Crippen molar-refractivity contribution in [2.24, 2.45) is 17.3 Å². The Balaban J connectivity index is 1.56. The molecule has 0 radical (unpaired) electrons. The molecule has 0 aromatic carbocycles. The van der Waals surface area contributed by atoms with E-state index in [4.69, 9.17) is 8.92 Å². The summed E-state index contributed by atoms with van der Waals surface area (Å²) >= 11 is 0. The molecule has 0 N–H and O–H groups in total. The van der Waals surface area contributed by atoms with Crippen LogP contribution in [0.5, 0.6) is 0 Å². The van der Waals surface area contributed by atoms with E-state index in [1.165, 1.54) is 0 Å². The smallest absolute Gasteiger partial charge is 0.410 e. The molecule has 26 heavy (non-hydrogen) atoms. The van der Waals surface area contributed by atoms with Crippen LogP contribution in [0.4, 0.5) is 4.79 Å². The van der Waals surface area contributed by atoms with Crippen LogP contribution in [0, 0.1) is 17.3 Å². The molecule has 2 saturated carbocycles. The first-order valence-electron chi connectivity index (χ1n) is 9.74. The highest BCUT2D eigenvalue weighted by molar-refractivity contribution is 7.86. The average molecular weight is 388 g/mol. The molecular weight excluding hydrogens is 354 g/mol. The molecule has 0 aromatic heterocycles. The Kier molecular flexibility index (Phi) is 5.10. The highest BCUT2D eigenvalue weighted by atomic mass is 32.2. The Labute approximate surface area is 157 Å². The van der Waals surface area contributed by atoms with E-state index in [1.807, 2.05) is 25.7 Å². The summed E-state index contributed by atoms with van der Waals surface area (Å²) in [7, 11) is -3.37. The van der Waals surface area contributed by atoms with Gasteiger partial charge in [0.05, 0.1) is 12.4 Å². The lowest BCUT2D eigenvalue weighted by atomic mass is 9.49. The topological polar surface area (TPSA) is 72.9 Å². The maximum atomic E-state index is 12.7. The fourth-order valence-electron chi connectivity index (χ4n) is 5.07. The van der Waals surface area contributed by atoms with Gasteiger partial charge in [-0.1, -0.05) is 6.92 Å². The Hall–Kier alpha value is -0.820. The summed E-state index contributed by atoms with van der Waals surface area (Å²) in [6.45, 7) is 8.67. The molecule has 3 aliphatic rings. The molecule has 7 heteroatoms. The van der Waals surface area contributed by atoms with Gasteiger partial charge in [0.25, 0.3) is 10.1 Å². The summed E-state index contributed by atoms with van der Waals surface area (Å²) < 4.78 is 33.2. The van der Waals surface area contributed by atoms with Gasteiger partial charge in [-0.25, -0.2) is 4.79 Å². The second-order valence-corrected chi connectivity index (χ2v) is 11.5. The van der Waals surface area contributed by atoms with Crippen molar-refractivity contribution < 1.29 is 22.1 Å². The first-order valence-corrected chi connectivity index (χ1v) is 11.6. The Morgan fingerprint density at radius 3 is 2.27 bits per heavy atom. The lowest BCUT2D eigenvalue weighted by Crippen LogP contribution is -2.59. The van der Waals surface area contributed by atoms with Crippen LogP contribution < -0.4 is 0 Å². The van der Waals surface area contributed by atoms with Gasteiger partial charge in [-0.05, 0) is 76.5 Å². The van der Waals surface area contributed by atoms with E-state index in [9.17, 15) is 13.2 Å². The molecule has 1 aliphatic heterocycles. The van der Waals surface area contributed by atoms with E-state index in [-0.39, 0.29) is 23.7 Å². The van der Waals surface area contributed by atoms with E-state index in [1.54, 1.807) is 0 Å². The maximum Gasteiger partial charge on any atom is 0.410 e. The number of nitrogens with zero attached hydrogens (tertiary/aromatic N) is 1. The fourth-order valence-corrected chi connectivity index (χ4v) is 5.70. The van der Waals surface area contributed by atoms with E-state index in [2.05, 4.69) is 6.92 Å². The minimum absolute atomic E-state index is 0.153. The number of piperidine rings is 1. The summed E-state index contributed by atoms with van der Waals surface area (Å²) in [5.41, 5.74) is -0.240. The standard InChI is InChI=1S/C19H33NO5S/c1-13-6-7-16(20(12-13)17(21)24-18(2,3)4)14-8-19(9-14)10-15(11-19)25-26(5,22)23/h13-16H,6-12H2,1-5H3/t13-,14?,15?,16+,19?/m1/s1. The van der Waals surface area contributed by atoms with Crippen molar-refractivity contribution in [1.29, 1.82) is 0 Å². The molecular formula is C19H33NO5S. The zero-order chi connectivity index (χ0) is 19.3. The molecule has 3 rings (SSSR count). The lowest BCUT2D eigenvalue weighted by molar-refractivity contribution is -0.123. The van der Waals surface area contributed by atoms with Crippen LogP contribution in [0.1, 0.15) is 66.2 Å². The zero-order valence-corrected chi connectivity index (χ0v) is 17.5. The van der Waals surface area contributed by atoms with Gasteiger partial charge in [0.2, 0.25) is 0 Å². The van der Waals surface area contributed by atoms with Crippen molar-refractivity contribution in [3.63, 3.8) is 0 Å². The van der Waals surface area contributed by atoms with Crippen LogP contribution in [0.3, 0.4) is 0 Å². The van der Waals surface area contributed by atoms with Crippen LogP contribution in [0.2, 0.25) is 0 Å². The molecule has 6 nitrogen and oxygen atoms in total. The third-order valence-corrected chi connectivity index (χ3v) is 6.68. The van der Waals surface area contributed by atoms with Crippen molar-refractivity contribution >= 4 is 16.2 Å². The van der Waals surface area contributed by atoms with Gasteiger partial charge in [0.1, 0.15) is 5.60 Å². The average Bonchev–Trinajstić information content (AvgIpc) is 2.37. The third kappa shape index (κ3) is 4.53. The summed E-state index contributed by atoms with van der Waals surface area (Å²) in [6, 6.07) is 0.251. The predicted molar refractivity (Wildman–Crippen MR) is 99.2 cm³/mol. The van der Waals surface area contributed by atoms with E-state index in [0.29, 0.717) is 11.8 Å². The highest BCUT2D eigenvalue weighted by Crippen LogP contribution is 2.61. The minimum atomic E-state index is -3.37. The zero-order valence-electron chi connectivity index (χ0n) is 16.7. The Morgan fingerprint density at radius 2 is 1.73 bits per heavy atom. The Morgan fingerprint density at radius 1 is 1.12 bits per heavy atom. The summed E-state index contributed by atoms with van der Waals surface area (Å²) in [6.07, 6.45) is 6.73. The molecule has 2 atom stereocenters. The van der Waals surface area contributed by atoms with Gasteiger partial charge >= 0.3 is 6.09 Å². The van der Waals surface area contributed by atoms with E-state index in [0.717, 1.165) is 51.3 Å². The third-order valence-electron chi connectivity index (χ3n) is 6.06. The molecule has 0 aromatic rings. The lowest BCUT2D eigenvalue weighted by Gasteiger charge is -2.60. The number of carbonyl (C=O) groups is 1. The monoisotopic (exact) mass is 387 g/mol. The first-order chi connectivity index (χ1) is 11.9. The van der Waals surface area contributed by atoms with Crippen LogP contribution in [-0.2, 0) is 19.0 Å². The van der Waals surface area contributed by atoms with Crippen LogP contribution in [-0.4, -0.2) is 50.0 Å². The highest BCUT2D eigenvalue weighted by Gasteiger charge is 2.57. The molecule has 1 heterocycles. The molecule has 1 spiro atoms. The molecule has 1 amide bonds. The number of hydrogen-bond donors (Lipinski definition) is 0. The SMILES string of the molecule is C[C@@H]1CC[C@@H](C2CC3(CC(OS(C)(=O)=O)C3)C2)N(C(=O)OC(C)(C)C)C1. The number of rotatable bonds is 3. The molecule has 150 valence electrons. The van der Waals surface area contributed by atoms with Gasteiger partial charge in [-0.3, -0.25) is 4.18 Å². The van der Waals surface area contributed by atoms with Crippen LogP contribution in [0.15, 0.2) is 0 Å². The maximum absolute atomic E-state index is 12.7. The van der Waals surface area contributed by atoms with E-state index >= 15 is 0 Å². The van der Waals surface area contributed by atoms with Gasteiger partial charge < -0.3 is 9.64 Å². The Bertz CT molecular complexity index is 639. The summed E-state index contributed by atoms with van der Waals surface area (Å²) in [5.74, 6) is 0.998. The second-order valence-electron chi connectivity index (χ2n) is 9.88. The normalized spacial score (nSPS) is 37.8. The number of amides is 1. The van der Waals surface area contributed by atoms with Crippen molar-refractivity contribution in [2.45, 2.75) is 84.0 Å². The molecule has 2 aliphatic carbocycles. The van der Waals surface area contributed by atoms with Crippen molar-refractivity contribution in [2.75, 3.05) is 12.8 Å². The second kappa shape index (κ2) is 6.66. The van der Waals surface area contributed by atoms with Crippen LogP contribution >= 0.6 is 0 Å². The van der Waals surface area contributed by atoms with Crippen LogP contribution in [0.25, 0.3) is 0 Å². The minimum Gasteiger partial charge on any atom is -0.444 e. The first kappa shape index (κ1) is 19.9. The van der Waals surface area contributed by atoms with Crippen molar-refractivity contribution in [3.05, 3.63) is 0 Å². The number of hydrogen-bond acceptors (Lipinski definition) is 5. The molecule has 1 saturated heterocycles. The van der Waals surface area contributed by atoms with Gasteiger partial charge in [0, 0.05) is 12.6 Å². The van der Waals surface area contributed by atoms with Gasteiger partial charge in [0.15, 0.2) is 0 Å². The fraction of sp³-hybridized carbons (Fsp3) is 0.947. The summed E-state index contributed by atoms with van der Waals surface area (Å²) in [5, 5.41) is 0. The molecule has 0 unspecified atom stereocenters. The number of carbonyl (C=O) groups excluding carboxylic acids is 1. The van der Waals surface area contributed by atoms with Gasteiger partial charge in [-0.2, -0.15) is 8.42 Å². The van der Waals surface area contributed by atoms with Gasteiger partial charge in [-0.15, -0.1) is 0 Å². The number of ether oxygens (including phenoxy) is 1. The van der Waals surface area contributed by atoms with E-state index < -0.39 is 15.7 Å². The summed E-state index contributed by atoms with van der Waals surface area (Å²) in [4.78, 5) is 14.6. The van der Waals surface area contributed by atoms with Crippen molar-refractivity contribution in [1.82, 2.24) is 4.90 Å².